The maximum atomic E-state index is 12.9. The minimum Gasteiger partial charge on any atom is -0.459 e. The van der Waals surface area contributed by atoms with Gasteiger partial charge in [-0.1, -0.05) is 43.3 Å². The fourth-order valence-corrected chi connectivity index (χ4v) is 4.69. The average Bonchev–Trinajstić information content (AvgIpc) is 3.42. The van der Waals surface area contributed by atoms with Crippen molar-refractivity contribution in [1.82, 2.24) is 10.2 Å². The SMILES string of the molecule is CC1CCN(C(CNC(=O)c2occc2-c2ccccc2)c2cccs2)CC1. The fourth-order valence-electron chi connectivity index (χ4n) is 3.83. The summed E-state index contributed by atoms with van der Waals surface area (Å²) < 4.78 is 5.54. The van der Waals surface area contributed by atoms with E-state index in [0.29, 0.717) is 12.3 Å². The van der Waals surface area contributed by atoms with Gasteiger partial charge in [-0.05, 0) is 54.9 Å². The van der Waals surface area contributed by atoms with E-state index in [1.807, 2.05) is 36.4 Å². The van der Waals surface area contributed by atoms with Crippen LogP contribution in [0.5, 0.6) is 0 Å². The molecule has 28 heavy (non-hydrogen) atoms. The lowest BCUT2D eigenvalue weighted by atomic mass is 9.97. The van der Waals surface area contributed by atoms with Gasteiger partial charge in [0.25, 0.3) is 5.91 Å². The van der Waals surface area contributed by atoms with E-state index in [-0.39, 0.29) is 11.9 Å². The summed E-state index contributed by atoms with van der Waals surface area (Å²) in [4.78, 5) is 16.7. The van der Waals surface area contributed by atoms with Crippen LogP contribution in [-0.2, 0) is 0 Å². The minimum absolute atomic E-state index is 0.157. The molecule has 1 aliphatic heterocycles. The average molecular weight is 395 g/mol. The van der Waals surface area contributed by atoms with E-state index in [2.05, 4.69) is 34.7 Å². The minimum atomic E-state index is -0.157. The van der Waals surface area contributed by atoms with Crippen LogP contribution in [-0.4, -0.2) is 30.4 Å². The van der Waals surface area contributed by atoms with E-state index in [9.17, 15) is 4.79 Å². The molecule has 3 aromatic rings. The molecule has 0 saturated carbocycles. The predicted molar refractivity (Wildman–Crippen MR) is 114 cm³/mol. The maximum Gasteiger partial charge on any atom is 0.287 e. The monoisotopic (exact) mass is 394 g/mol. The topological polar surface area (TPSA) is 45.5 Å². The number of hydrogen-bond donors (Lipinski definition) is 1. The lowest BCUT2D eigenvalue weighted by Gasteiger charge is -2.36. The van der Waals surface area contributed by atoms with E-state index in [4.69, 9.17) is 4.42 Å². The Morgan fingerprint density at radius 2 is 1.96 bits per heavy atom. The van der Waals surface area contributed by atoms with Crippen molar-refractivity contribution in [3.05, 3.63) is 70.8 Å². The lowest BCUT2D eigenvalue weighted by Crippen LogP contribution is -2.41. The Hall–Kier alpha value is -2.37. The Kier molecular flexibility index (Phi) is 5.93. The Labute approximate surface area is 170 Å². The van der Waals surface area contributed by atoms with Crippen LogP contribution in [0.25, 0.3) is 11.1 Å². The molecule has 5 heteroatoms. The second kappa shape index (κ2) is 8.76. The summed E-state index contributed by atoms with van der Waals surface area (Å²) in [6.45, 7) is 5.06. The molecule has 2 aromatic heterocycles. The summed E-state index contributed by atoms with van der Waals surface area (Å²) in [6, 6.07) is 16.2. The molecule has 4 nitrogen and oxygen atoms in total. The largest absolute Gasteiger partial charge is 0.459 e. The van der Waals surface area contributed by atoms with Crippen LogP contribution in [0.2, 0.25) is 0 Å². The molecular formula is C23H26N2O2S. The molecule has 4 rings (SSSR count). The molecule has 1 saturated heterocycles. The molecular weight excluding hydrogens is 368 g/mol. The zero-order chi connectivity index (χ0) is 19.3. The fraction of sp³-hybridized carbons (Fsp3) is 0.348. The van der Waals surface area contributed by atoms with E-state index >= 15 is 0 Å². The van der Waals surface area contributed by atoms with Crippen LogP contribution < -0.4 is 5.32 Å². The highest BCUT2D eigenvalue weighted by atomic mass is 32.1. The van der Waals surface area contributed by atoms with Crippen molar-refractivity contribution in [3.63, 3.8) is 0 Å². The number of benzene rings is 1. The lowest BCUT2D eigenvalue weighted by molar-refractivity contribution is 0.0889. The first kappa shape index (κ1) is 19.0. The summed E-state index contributed by atoms with van der Waals surface area (Å²) in [5.74, 6) is 1.01. The van der Waals surface area contributed by atoms with Crippen LogP contribution in [0, 0.1) is 5.92 Å². The van der Waals surface area contributed by atoms with Crippen molar-refractivity contribution in [2.75, 3.05) is 19.6 Å². The summed E-state index contributed by atoms with van der Waals surface area (Å²) >= 11 is 1.76. The Bertz CT molecular complexity index is 880. The van der Waals surface area contributed by atoms with E-state index in [1.165, 1.54) is 17.7 Å². The first-order chi connectivity index (χ1) is 13.7. The number of nitrogens with one attached hydrogen (secondary N) is 1. The summed E-state index contributed by atoms with van der Waals surface area (Å²) in [7, 11) is 0. The van der Waals surface area contributed by atoms with Crippen LogP contribution in [0.3, 0.4) is 0 Å². The number of likely N-dealkylation sites (tertiary alicyclic amines) is 1. The Morgan fingerprint density at radius 1 is 1.18 bits per heavy atom. The molecule has 0 aliphatic carbocycles. The van der Waals surface area contributed by atoms with Gasteiger partial charge in [0.15, 0.2) is 5.76 Å². The molecule has 1 atom stereocenters. The van der Waals surface area contributed by atoms with E-state index in [0.717, 1.165) is 30.1 Å². The van der Waals surface area contributed by atoms with Crippen LogP contribution in [0.15, 0.2) is 64.6 Å². The number of rotatable bonds is 6. The number of thiophene rings is 1. The standard InChI is InChI=1S/C23H26N2O2S/c1-17-9-12-25(13-10-17)20(21-8-5-15-28-21)16-24-23(26)22-19(11-14-27-22)18-6-3-2-4-7-18/h2-8,11,14-15,17,20H,9-10,12-13,16H2,1H3,(H,24,26). The van der Waals surface area contributed by atoms with Gasteiger partial charge < -0.3 is 9.73 Å². The molecule has 1 N–H and O–H groups in total. The summed E-state index contributed by atoms with van der Waals surface area (Å²) in [6.07, 6.45) is 4.01. The molecule has 0 spiro atoms. The normalized spacial score (nSPS) is 16.8. The third kappa shape index (κ3) is 4.21. The number of nitrogens with zero attached hydrogens (tertiary/aromatic N) is 1. The molecule has 1 unspecified atom stereocenters. The van der Waals surface area contributed by atoms with Crippen molar-refractivity contribution >= 4 is 17.2 Å². The van der Waals surface area contributed by atoms with Crippen molar-refractivity contribution in [2.45, 2.75) is 25.8 Å². The van der Waals surface area contributed by atoms with Gasteiger partial charge in [0.2, 0.25) is 0 Å². The second-order valence-corrected chi connectivity index (χ2v) is 8.47. The van der Waals surface area contributed by atoms with Crippen molar-refractivity contribution in [3.8, 4) is 11.1 Å². The van der Waals surface area contributed by atoms with Crippen molar-refractivity contribution in [2.24, 2.45) is 5.92 Å². The number of furan rings is 1. The molecule has 0 radical (unpaired) electrons. The molecule has 146 valence electrons. The van der Waals surface area contributed by atoms with E-state index in [1.54, 1.807) is 17.6 Å². The number of hydrogen-bond acceptors (Lipinski definition) is 4. The van der Waals surface area contributed by atoms with Gasteiger partial charge in [-0.15, -0.1) is 11.3 Å². The molecule has 1 aliphatic rings. The van der Waals surface area contributed by atoms with Crippen LogP contribution in [0.4, 0.5) is 0 Å². The first-order valence-corrected chi connectivity index (χ1v) is 10.8. The van der Waals surface area contributed by atoms with Gasteiger partial charge >= 0.3 is 0 Å². The summed E-state index contributed by atoms with van der Waals surface area (Å²) in [5, 5.41) is 5.23. The highest BCUT2D eigenvalue weighted by Gasteiger charge is 2.26. The third-order valence-electron chi connectivity index (χ3n) is 5.54. The number of piperidine rings is 1. The van der Waals surface area contributed by atoms with Gasteiger partial charge in [0.05, 0.1) is 12.3 Å². The third-order valence-corrected chi connectivity index (χ3v) is 6.52. The van der Waals surface area contributed by atoms with Gasteiger partial charge in [-0.25, -0.2) is 0 Å². The van der Waals surface area contributed by atoms with Gasteiger partial charge in [-0.3, -0.25) is 9.69 Å². The number of carbonyl (C=O) groups excluding carboxylic acids is 1. The number of amides is 1. The highest BCUT2D eigenvalue weighted by Crippen LogP contribution is 2.30. The molecule has 1 aromatic carbocycles. The van der Waals surface area contributed by atoms with Gasteiger partial charge in [-0.2, -0.15) is 0 Å². The first-order valence-electron chi connectivity index (χ1n) is 9.91. The molecule has 0 bridgehead atoms. The Morgan fingerprint density at radius 3 is 2.68 bits per heavy atom. The molecule has 1 amide bonds. The predicted octanol–water partition coefficient (Wildman–Crippen LogP) is 5.21. The highest BCUT2D eigenvalue weighted by molar-refractivity contribution is 7.10. The van der Waals surface area contributed by atoms with Crippen LogP contribution >= 0.6 is 11.3 Å². The summed E-state index contributed by atoms with van der Waals surface area (Å²) in [5.41, 5.74) is 1.82. The number of carbonyl (C=O) groups is 1. The Balaban J connectivity index is 1.47. The van der Waals surface area contributed by atoms with Gasteiger partial charge in [0.1, 0.15) is 0 Å². The van der Waals surface area contributed by atoms with E-state index < -0.39 is 0 Å². The maximum absolute atomic E-state index is 12.9. The second-order valence-electron chi connectivity index (χ2n) is 7.49. The van der Waals surface area contributed by atoms with Crippen LogP contribution in [0.1, 0.15) is 41.2 Å². The smallest absolute Gasteiger partial charge is 0.287 e. The zero-order valence-corrected chi connectivity index (χ0v) is 17.0. The molecule has 3 heterocycles. The van der Waals surface area contributed by atoms with Gasteiger partial charge in [0, 0.05) is 17.0 Å². The van der Waals surface area contributed by atoms with Crippen molar-refractivity contribution in [1.29, 1.82) is 0 Å². The van der Waals surface area contributed by atoms with Crippen molar-refractivity contribution < 1.29 is 9.21 Å². The zero-order valence-electron chi connectivity index (χ0n) is 16.1. The quantitative estimate of drug-likeness (QED) is 0.624. The molecule has 1 fully saturated rings.